The third-order valence-corrected chi connectivity index (χ3v) is 6.70. The molecule has 0 aliphatic carbocycles. The molecule has 1 amide bonds. The SMILES string of the molecule is COc1ccccc1N1C(=O)/C(=C\c2c(Oc3nc(Cl)ncc3F)ccc3ccccc23)SC1=S. The van der Waals surface area contributed by atoms with E-state index >= 15 is 0 Å². The van der Waals surface area contributed by atoms with E-state index in [1.165, 1.54) is 12.0 Å². The molecule has 4 aromatic rings. The van der Waals surface area contributed by atoms with E-state index in [2.05, 4.69) is 9.97 Å². The minimum Gasteiger partial charge on any atom is -0.495 e. The molecule has 1 saturated heterocycles. The number of aromatic nitrogens is 2. The summed E-state index contributed by atoms with van der Waals surface area (Å²) in [6.07, 6.45) is 2.62. The average Bonchev–Trinajstić information content (AvgIpc) is 3.15. The Morgan fingerprint density at radius 3 is 2.69 bits per heavy atom. The minimum absolute atomic E-state index is 0.151. The van der Waals surface area contributed by atoms with Crippen molar-refractivity contribution in [1.29, 1.82) is 0 Å². The van der Waals surface area contributed by atoms with Gasteiger partial charge in [0.1, 0.15) is 11.5 Å². The molecule has 5 rings (SSSR count). The highest BCUT2D eigenvalue weighted by molar-refractivity contribution is 8.27. The summed E-state index contributed by atoms with van der Waals surface area (Å²) < 4.78 is 25.9. The standard InChI is InChI=1S/C25H15ClFN3O3S2/c1-32-20-9-5-4-8-18(20)30-23(31)21(35-25(30)34)12-16-15-7-3-2-6-14(15)10-11-19(16)33-22-17(27)13-28-24(26)29-22/h2-13H,1H3/b21-12+. The second-order valence-corrected chi connectivity index (χ2v) is 9.30. The van der Waals surface area contributed by atoms with Crippen molar-refractivity contribution in [1.82, 2.24) is 9.97 Å². The Hall–Kier alpha value is -3.53. The number of hydrogen-bond donors (Lipinski definition) is 0. The van der Waals surface area contributed by atoms with Crippen LogP contribution in [-0.4, -0.2) is 27.3 Å². The van der Waals surface area contributed by atoms with Crippen LogP contribution in [0.2, 0.25) is 5.28 Å². The first-order chi connectivity index (χ1) is 17.0. The van der Waals surface area contributed by atoms with E-state index in [0.717, 1.165) is 28.7 Å². The Balaban J connectivity index is 1.62. The summed E-state index contributed by atoms with van der Waals surface area (Å²) >= 11 is 12.5. The number of methoxy groups -OCH3 is 1. The number of fused-ring (bicyclic) bond motifs is 1. The van der Waals surface area contributed by atoms with E-state index in [4.69, 9.17) is 33.3 Å². The maximum atomic E-state index is 14.3. The molecule has 35 heavy (non-hydrogen) atoms. The third-order valence-electron chi connectivity index (χ3n) is 5.22. The van der Waals surface area contributed by atoms with Crippen LogP contribution in [0.1, 0.15) is 5.56 Å². The van der Waals surface area contributed by atoms with Gasteiger partial charge in [-0.2, -0.15) is 9.37 Å². The van der Waals surface area contributed by atoms with Crippen LogP contribution in [0, 0.1) is 5.82 Å². The van der Waals surface area contributed by atoms with Crippen molar-refractivity contribution in [3.63, 3.8) is 0 Å². The van der Waals surface area contributed by atoms with Crippen LogP contribution in [0.3, 0.4) is 0 Å². The second-order valence-electron chi connectivity index (χ2n) is 7.28. The molecular weight excluding hydrogens is 509 g/mol. The topological polar surface area (TPSA) is 64.5 Å². The molecule has 1 aliphatic heterocycles. The smallest absolute Gasteiger partial charge is 0.270 e. The number of carbonyl (C=O) groups is 1. The van der Waals surface area contributed by atoms with Crippen molar-refractivity contribution < 1.29 is 18.7 Å². The van der Waals surface area contributed by atoms with E-state index in [1.807, 2.05) is 36.4 Å². The Bertz CT molecular complexity index is 1530. The maximum Gasteiger partial charge on any atom is 0.270 e. The van der Waals surface area contributed by atoms with Gasteiger partial charge in [-0.1, -0.05) is 66.4 Å². The van der Waals surface area contributed by atoms with Gasteiger partial charge in [0.2, 0.25) is 11.1 Å². The van der Waals surface area contributed by atoms with E-state index < -0.39 is 5.82 Å². The molecule has 0 atom stereocenters. The number of anilines is 1. The van der Waals surface area contributed by atoms with Crippen molar-refractivity contribution in [3.05, 3.63) is 88.4 Å². The van der Waals surface area contributed by atoms with Crippen LogP contribution in [-0.2, 0) is 4.79 Å². The third kappa shape index (κ3) is 4.45. The first-order valence-electron chi connectivity index (χ1n) is 10.2. The Labute approximate surface area is 214 Å². The Kier molecular flexibility index (Phi) is 6.38. The molecule has 0 radical (unpaired) electrons. The molecule has 1 fully saturated rings. The van der Waals surface area contributed by atoms with Gasteiger partial charge in [-0.15, -0.1) is 0 Å². The van der Waals surface area contributed by atoms with Gasteiger partial charge in [-0.3, -0.25) is 9.69 Å². The zero-order valence-electron chi connectivity index (χ0n) is 18.1. The Morgan fingerprint density at radius 1 is 1.09 bits per heavy atom. The number of amides is 1. The van der Waals surface area contributed by atoms with Crippen LogP contribution in [0.5, 0.6) is 17.4 Å². The van der Waals surface area contributed by atoms with Crippen molar-refractivity contribution in [3.8, 4) is 17.4 Å². The molecule has 0 unspecified atom stereocenters. The van der Waals surface area contributed by atoms with Crippen molar-refractivity contribution in [2.45, 2.75) is 0 Å². The minimum atomic E-state index is -0.768. The van der Waals surface area contributed by atoms with Crippen LogP contribution in [0.4, 0.5) is 10.1 Å². The molecular formula is C25H15ClFN3O3S2. The predicted molar refractivity (Wildman–Crippen MR) is 140 cm³/mol. The van der Waals surface area contributed by atoms with Crippen molar-refractivity contribution in [2.75, 3.05) is 12.0 Å². The van der Waals surface area contributed by atoms with E-state index in [0.29, 0.717) is 32.0 Å². The number of nitrogens with zero attached hydrogens (tertiary/aromatic N) is 3. The van der Waals surface area contributed by atoms with Gasteiger partial charge in [-0.25, -0.2) is 4.98 Å². The van der Waals surface area contributed by atoms with Crippen molar-refractivity contribution >= 4 is 68.3 Å². The number of halogens is 2. The summed E-state index contributed by atoms with van der Waals surface area (Å²) in [5.74, 6) is -0.581. The van der Waals surface area contributed by atoms with E-state index in [9.17, 15) is 9.18 Å². The zero-order valence-corrected chi connectivity index (χ0v) is 20.5. The van der Waals surface area contributed by atoms with Gasteiger partial charge in [0, 0.05) is 5.56 Å². The lowest BCUT2D eigenvalue weighted by atomic mass is 10.0. The molecule has 1 aromatic heterocycles. The Morgan fingerprint density at radius 2 is 1.86 bits per heavy atom. The van der Waals surface area contributed by atoms with Gasteiger partial charge in [0.25, 0.3) is 11.8 Å². The normalized spacial score (nSPS) is 14.7. The number of hydrogen-bond acceptors (Lipinski definition) is 7. The fraction of sp³-hybridized carbons (Fsp3) is 0.0400. The van der Waals surface area contributed by atoms with Crippen molar-refractivity contribution in [2.24, 2.45) is 0 Å². The maximum absolute atomic E-state index is 14.3. The molecule has 0 spiro atoms. The molecule has 3 aromatic carbocycles. The van der Waals surface area contributed by atoms with Crippen LogP contribution in [0.15, 0.2) is 71.8 Å². The van der Waals surface area contributed by atoms with Crippen LogP contribution in [0.25, 0.3) is 16.8 Å². The molecule has 0 bridgehead atoms. The average molecular weight is 524 g/mol. The number of para-hydroxylation sites is 2. The van der Waals surface area contributed by atoms with Gasteiger partial charge >= 0.3 is 0 Å². The van der Waals surface area contributed by atoms with E-state index in [1.54, 1.807) is 30.3 Å². The summed E-state index contributed by atoms with van der Waals surface area (Å²) in [5.41, 5.74) is 1.12. The quantitative estimate of drug-likeness (QED) is 0.165. The first-order valence-corrected chi connectivity index (χ1v) is 11.8. The fourth-order valence-corrected chi connectivity index (χ4v) is 5.03. The molecule has 0 saturated carbocycles. The highest BCUT2D eigenvalue weighted by atomic mass is 35.5. The fourth-order valence-electron chi connectivity index (χ4n) is 3.64. The number of thioether (sulfide) groups is 1. The molecule has 10 heteroatoms. The predicted octanol–water partition coefficient (Wildman–Crippen LogP) is 6.63. The summed E-state index contributed by atoms with van der Waals surface area (Å²) in [5, 5.41) is 1.56. The number of carbonyl (C=O) groups excluding carboxylic acids is 1. The molecule has 2 heterocycles. The number of thiocarbonyl (C=S) groups is 1. The highest BCUT2D eigenvalue weighted by Gasteiger charge is 2.35. The van der Waals surface area contributed by atoms with Gasteiger partial charge in [-0.05, 0) is 46.6 Å². The second kappa shape index (κ2) is 9.61. The number of rotatable bonds is 5. The molecule has 174 valence electrons. The number of ether oxygens (including phenoxy) is 2. The molecule has 0 N–H and O–H groups in total. The van der Waals surface area contributed by atoms with Crippen LogP contribution >= 0.6 is 35.6 Å². The summed E-state index contributed by atoms with van der Waals surface area (Å²) in [6, 6.07) is 18.2. The summed E-state index contributed by atoms with van der Waals surface area (Å²) in [6.45, 7) is 0. The first kappa shape index (κ1) is 23.2. The lowest BCUT2D eigenvalue weighted by Gasteiger charge is -2.17. The van der Waals surface area contributed by atoms with Gasteiger partial charge in [0.15, 0.2) is 4.32 Å². The van der Waals surface area contributed by atoms with Gasteiger partial charge in [0.05, 0.1) is 23.9 Å². The summed E-state index contributed by atoms with van der Waals surface area (Å²) in [7, 11) is 1.53. The van der Waals surface area contributed by atoms with Crippen LogP contribution < -0.4 is 14.4 Å². The van der Waals surface area contributed by atoms with E-state index in [-0.39, 0.29) is 17.1 Å². The zero-order chi connectivity index (χ0) is 24.5. The van der Waals surface area contributed by atoms with Gasteiger partial charge < -0.3 is 9.47 Å². The highest BCUT2D eigenvalue weighted by Crippen LogP contribution is 2.42. The largest absolute Gasteiger partial charge is 0.495 e. The lowest BCUT2D eigenvalue weighted by molar-refractivity contribution is -0.113. The lowest BCUT2D eigenvalue weighted by Crippen LogP contribution is -2.27. The monoisotopic (exact) mass is 523 g/mol. The molecule has 1 aliphatic rings. The number of benzene rings is 3. The summed E-state index contributed by atoms with van der Waals surface area (Å²) in [4.78, 5) is 22.7. The molecule has 6 nitrogen and oxygen atoms in total.